The summed E-state index contributed by atoms with van der Waals surface area (Å²) in [5.74, 6) is 1.19. The maximum Gasteiger partial charge on any atom is 0.141 e. The van der Waals surface area contributed by atoms with Gasteiger partial charge in [0.15, 0.2) is 0 Å². The van der Waals surface area contributed by atoms with E-state index in [1.165, 1.54) is 6.07 Å². The number of anilines is 2. The molecule has 1 aromatic heterocycles. The van der Waals surface area contributed by atoms with E-state index in [9.17, 15) is 4.39 Å². The molecule has 0 amide bonds. The molecule has 0 saturated heterocycles. The van der Waals surface area contributed by atoms with Gasteiger partial charge in [0.05, 0.1) is 5.02 Å². The third-order valence-corrected chi connectivity index (χ3v) is 2.61. The smallest absolute Gasteiger partial charge is 0.141 e. The minimum absolute atomic E-state index is 0.104. The van der Waals surface area contributed by atoms with Crippen LogP contribution in [0.15, 0.2) is 24.3 Å². The highest BCUT2D eigenvalue weighted by Gasteiger charge is 2.02. The summed E-state index contributed by atoms with van der Waals surface area (Å²) in [5.41, 5.74) is 6.47. The molecule has 0 radical (unpaired) electrons. The summed E-state index contributed by atoms with van der Waals surface area (Å²) in [6.07, 6.45) is 0. The highest BCUT2D eigenvalue weighted by molar-refractivity contribution is 6.30. The Morgan fingerprint density at radius 3 is 2.78 bits per heavy atom. The molecule has 2 rings (SSSR count). The molecule has 4 nitrogen and oxygen atoms in total. The van der Waals surface area contributed by atoms with Crippen molar-refractivity contribution in [3.05, 3.63) is 46.5 Å². The number of rotatable bonds is 3. The summed E-state index contributed by atoms with van der Waals surface area (Å²) in [6, 6.07) is 6.20. The molecular weight excluding hydrogens is 255 g/mol. The molecule has 6 heteroatoms. The molecule has 0 unspecified atom stereocenters. The second kappa shape index (κ2) is 5.18. The summed E-state index contributed by atoms with van der Waals surface area (Å²) >= 11 is 5.70. The maximum absolute atomic E-state index is 13.0. The molecular formula is C12H12ClFN4. The van der Waals surface area contributed by atoms with Gasteiger partial charge in [0.1, 0.15) is 23.3 Å². The first-order valence-corrected chi connectivity index (χ1v) is 5.71. The van der Waals surface area contributed by atoms with E-state index in [1.54, 1.807) is 25.1 Å². The zero-order chi connectivity index (χ0) is 13.1. The fourth-order valence-electron chi connectivity index (χ4n) is 1.52. The molecule has 0 aliphatic carbocycles. The van der Waals surface area contributed by atoms with E-state index in [-0.39, 0.29) is 5.02 Å². The van der Waals surface area contributed by atoms with Gasteiger partial charge in [0.2, 0.25) is 0 Å². The molecule has 0 bridgehead atoms. The van der Waals surface area contributed by atoms with Crippen molar-refractivity contribution in [3.63, 3.8) is 0 Å². The van der Waals surface area contributed by atoms with Gasteiger partial charge in [-0.05, 0) is 24.6 Å². The molecule has 1 aromatic carbocycles. The topological polar surface area (TPSA) is 63.8 Å². The summed E-state index contributed by atoms with van der Waals surface area (Å²) in [7, 11) is 0. The molecule has 2 aromatic rings. The Bertz CT molecular complexity index is 554. The molecule has 0 fully saturated rings. The first kappa shape index (κ1) is 12.6. The number of nitrogens with zero attached hydrogens (tertiary/aromatic N) is 2. The largest absolute Gasteiger partial charge is 0.384 e. The van der Waals surface area contributed by atoms with Crippen LogP contribution >= 0.6 is 11.6 Å². The Labute approximate surface area is 109 Å². The van der Waals surface area contributed by atoms with Crippen molar-refractivity contribution >= 4 is 23.2 Å². The van der Waals surface area contributed by atoms with Gasteiger partial charge >= 0.3 is 0 Å². The van der Waals surface area contributed by atoms with E-state index in [2.05, 4.69) is 15.3 Å². The van der Waals surface area contributed by atoms with Crippen LogP contribution < -0.4 is 11.1 Å². The van der Waals surface area contributed by atoms with E-state index in [4.69, 9.17) is 17.3 Å². The molecule has 1 heterocycles. The van der Waals surface area contributed by atoms with Gasteiger partial charge in [0, 0.05) is 12.6 Å². The monoisotopic (exact) mass is 266 g/mol. The number of nitrogen functional groups attached to an aromatic ring is 1. The number of halogens is 2. The zero-order valence-corrected chi connectivity index (χ0v) is 10.5. The number of benzene rings is 1. The van der Waals surface area contributed by atoms with Gasteiger partial charge in [-0.3, -0.25) is 0 Å². The van der Waals surface area contributed by atoms with Crippen LogP contribution in [0.4, 0.5) is 16.0 Å². The van der Waals surface area contributed by atoms with Gasteiger partial charge in [-0.2, -0.15) is 0 Å². The predicted octanol–water partition coefficient (Wildman–Crippen LogP) is 2.77. The molecule has 0 aliphatic rings. The van der Waals surface area contributed by atoms with Crippen LogP contribution in [-0.4, -0.2) is 9.97 Å². The fourth-order valence-corrected chi connectivity index (χ4v) is 1.73. The number of hydrogen-bond donors (Lipinski definition) is 2. The van der Waals surface area contributed by atoms with Crippen LogP contribution in [0, 0.1) is 12.7 Å². The molecule has 94 valence electrons. The van der Waals surface area contributed by atoms with E-state index in [0.717, 1.165) is 5.56 Å². The Balaban J connectivity index is 2.08. The van der Waals surface area contributed by atoms with Crippen molar-refractivity contribution in [3.8, 4) is 0 Å². The first-order chi connectivity index (χ1) is 8.54. The third kappa shape index (κ3) is 3.07. The number of nitrogens with two attached hydrogens (primary N) is 1. The molecule has 0 atom stereocenters. The van der Waals surface area contributed by atoms with E-state index >= 15 is 0 Å². The lowest BCUT2D eigenvalue weighted by molar-refractivity contribution is 0.627. The van der Waals surface area contributed by atoms with Crippen LogP contribution in [0.3, 0.4) is 0 Å². The van der Waals surface area contributed by atoms with Gasteiger partial charge in [-0.15, -0.1) is 0 Å². The number of hydrogen-bond acceptors (Lipinski definition) is 4. The van der Waals surface area contributed by atoms with Gasteiger partial charge in [0.25, 0.3) is 0 Å². The van der Waals surface area contributed by atoms with Crippen LogP contribution in [0.2, 0.25) is 5.02 Å². The lowest BCUT2D eigenvalue weighted by atomic mass is 10.2. The standard InChI is InChI=1S/C12H12ClFN4/c1-7-17-11(15)5-12(18-7)16-6-8-2-3-10(14)9(13)4-8/h2-5H,6H2,1H3,(H3,15,16,17,18). The Hall–Kier alpha value is -1.88. The van der Waals surface area contributed by atoms with Gasteiger partial charge in [-0.1, -0.05) is 17.7 Å². The normalized spacial score (nSPS) is 10.4. The lowest BCUT2D eigenvalue weighted by Crippen LogP contribution is -2.05. The predicted molar refractivity (Wildman–Crippen MR) is 69.9 cm³/mol. The number of aromatic nitrogens is 2. The molecule has 0 aliphatic heterocycles. The van der Waals surface area contributed by atoms with Crippen molar-refractivity contribution in [2.75, 3.05) is 11.1 Å². The van der Waals surface area contributed by atoms with Crippen LogP contribution in [0.25, 0.3) is 0 Å². The Morgan fingerprint density at radius 2 is 2.11 bits per heavy atom. The van der Waals surface area contributed by atoms with Gasteiger partial charge in [-0.25, -0.2) is 14.4 Å². The highest BCUT2D eigenvalue weighted by Crippen LogP contribution is 2.17. The van der Waals surface area contributed by atoms with Crippen molar-refractivity contribution in [1.29, 1.82) is 0 Å². The maximum atomic E-state index is 13.0. The second-order valence-corrected chi connectivity index (χ2v) is 4.23. The molecule has 0 spiro atoms. The molecule has 18 heavy (non-hydrogen) atoms. The van der Waals surface area contributed by atoms with Gasteiger partial charge < -0.3 is 11.1 Å². The van der Waals surface area contributed by atoms with E-state index < -0.39 is 5.82 Å². The highest BCUT2D eigenvalue weighted by atomic mass is 35.5. The summed E-state index contributed by atoms with van der Waals surface area (Å²) in [4.78, 5) is 8.15. The SMILES string of the molecule is Cc1nc(N)cc(NCc2ccc(F)c(Cl)c2)n1. The average Bonchev–Trinajstić information content (AvgIpc) is 2.29. The summed E-state index contributed by atoms with van der Waals surface area (Å²) in [6.45, 7) is 2.24. The quantitative estimate of drug-likeness (QED) is 0.897. The fraction of sp³-hybridized carbons (Fsp3) is 0.167. The van der Waals surface area contributed by atoms with Crippen LogP contribution in [-0.2, 0) is 6.54 Å². The van der Waals surface area contributed by atoms with Crippen LogP contribution in [0.5, 0.6) is 0 Å². The van der Waals surface area contributed by atoms with Crippen molar-refractivity contribution in [2.24, 2.45) is 0 Å². The van der Waals surface area contributed by atoms with Crippen LogP contribution in [0.1, 0.15) is 11.4 Å². The molecule has 3 N–H and O–H groups in total. The zero-order valence-electron chi connectivity index (χ0n) is 9.74. The summed E-state index contributed by atoms with van der Waals surface area (Å²) in [5, 5.41) is 3.18. The van der Waals surface area contributed by atoms with E-state index in [1.807, 2.05) is 0 Å². The minimum atomic E-state index is -0.428. The van der Waals surface area contributed by atoms with Crippen molar-refractivity contribution in [1.82, 2.24) is 9.97 Å². The van der Waals surface area contributed by atoms with Crippen molar-refractivity contribution < 1.29 is 4.39 Å². The lowest BCUT2D eigenvalue weighted by Gasteiger charge is -2.07. The van der Waals surface area contributed by atoms with Crippen molar-refractivity contribution in [2.45, 2.75) is 13.5 Å². The molecule has 0 saturated carbocycles. The number of aryl methyl sites for hydroxylation is 1. The second-order valence-electron chi connectivity index (χ2n) is 3.83. The Morgan fingerprint density at radius 1 is 1.33 bits per heavy atom. The Kier molecular flexibility index (Phi) is 3.62. The summed E-state index contributed by atoms with van der Waals surface area (Å²) < 4.78 is 13.0. The minimum Gasteiger partial charge on any atom is -0.384 e. The average molecular weight is 267 g/mol. The third-order valence-electron chi connectivity index (χ3n) is 2.32. The van der Waals surface area contributed by atoms with E-state index in [0.29, 0.717) is 24.0 Å². The first-order valence-electron chi connectivity index (χ1n) is 5.33. The number of nitrogens with one attached hydrogen (secondary N) is 1.